The maximum atomic E-state index is 6.05. The molecular formula is C22H27N5OS. The third-order valence-corrected chi connectivity index (χ3v) is 7.14. The van der Waals surface area contributed by atoms with Gasteiger partial charge in [0.15, 0.2) is 5.82 Å². The average molecular weight is 410 g/mol. The first-order valence-electron chi connectivity index (χ1n) is 10.5. The second-order valence-electron chi connectivity index (χ2n) is 8.13. The van der Waals surface area contributed by atoms with Crippen LogP contribution < -0.4 is 5.32 Å². The lowest BCUT2D eigenvalue weighted by molar-refractivity contribution is -0.0259. The fraction of sp³-hybridized carbons (Fsp3) is 0.500. The normalized spacial score (nSPS) is 21.1. The van der Waals surface area contributed by atoms with Crippen LogP contribution in [0.5, 0.6) is 0 Å². The number of nitrogens with one attached hydrogen (secondary N) is 1. The molecule has 152 valence electrons. The molecule has 1 fully saturated rings. The van der Waals surface area contributed by atoms with Crippen molar-refractivity contribution in [1.82, 2.24) is 19.9 Å². The third kappa shape index (κ3) is 3.74. The summed E-state index contributed by atoms with van der Waals surface area (Å²) in [6, 6.07) is 4.12. The maximum Gasteiger partial charge on any atom is 0.164 e. The number of fused-ring (bicyclic) bond motifs is 3. The first-order valence-corrected chi connectivity index (χ1v) is 11.3. The molecule has 0 amide bonds. The number of nitrogens with zero attached hydrogens (tertiary/aromatic N) is 4. The number of aryl methyl sites for hydroxylation is 2. The summed E-state index contributed by atoms with van der Waals surface area (Å²) in [5.41, 5.74) is 2.40. The summed E-state index contributed by atoms with van der Waals surface area (Å²) in [4.78, 5) is 19.1. The number of thiophene rings is 1. The zero-order chi connectivity index (χ0) is 19.8. The Morgan fingerprint density at radius 3 is 3.00 bits per heavy atom. The van der Waals surface area contributed by atoms with Crippen molar-refractivity contribution in [3.63, 3.8) is 0 Å². The molecule has 7 heteroatoms. The fourth-order valence-electron chi connectivity index (χ4n) is 4.31. The summed E-state index contributed by atoms with van der Waals surface area (Å²) in [5.74, 6) is 1.68. The van der Waals surface area contributed by atoms with Gasteiger partial charge in [-0.05, 0) is 57.4 Å². The van der Waals surface area contributed by atoms with Gasteiger partial charge in [-0.25, -0.2) is 9.97 Å². The van der Waals surface area contributed by atoms with Crippen LogP contribution in [0.3, 0.4) is 0 Å². The highest BCUT2D eigenvalue weighted by Crippen LogP contribution is 2.39. The van der Waals surface area contributed by atoms with Crippen LogP contribution in [0.25, 0.3) is 21.6 Å². The predicted molar refractivity (Wildman–Crippen MR) is 118 cm³/mol. The van der Waals surface area contributed by atoms with Crippen molar-refractivity contribution in [2.75, 3.05) is 32.1 Å². The highest BCUT2D eigenvalue weighted by atomic mass is 32.1. The number of morpholine rings is 1. The lowest BCUT2D eigenvalue weighted by Gasteiger charge is -2.34. The number of anilines is 1. The van der Waals surface area contributed by atoms with Gasteiger partial charge < -0.3 is 15.0 Å². The molecule has 0 bridgehead atoms. The van der Waals surface area contributed by atoms with Crippen molar-refractivity contribution >= 4 is 27.4 Å². The molecule has 6 nitrogen and oxygen atoms in total. The van der Waals surface area contributed by atoms with Gasteiger partial charge in [-0.3, -0.25) is 4.98 Å². The van der Waals surface area contributed by atoms with E-state index < -0.39 is 0 Å². The molecule has 1 aliphatic heterocycles. The standard InChI is InChI=1S/C22H27N5OS/c1-14(17-13-27(2)10-11-28-17)24-21-19-16-7-3-4-8-18(16)29-22(19)26-20(25-21)15-6-5-9-23-12-15/h5-6,9,12,14,17H,3-4,7-8,10-11,13H2,1-2H3,(H,24,25,26). The van der Waals surface area contributed by atoms with Gasteiger partial charge in [0.1, 0.15) is 10.6 Å². The van der Waals surface area contributed by atoms with Gasteiger partial charge in [-0.2, -0.15) is 0 Å². The Morgan fingerprint density at radius 2 is 2.17 bits per heavy atom. The highest BCUT2D eigenvalue weighted by molar-refractivity contribution is 7.19. The lowest BCUT2D eigenvalue weighted by atomic mass is 9.97. The topological polar surface area (TPSA) is 63.2 Å². The monoisotopic (exact) mass is 409 g/mol. The Kier molecular flexibility index (Phi) is 5.20. The molecule has 3 aromatic rings. The Labute approximate surface area is 175 Å². The Balaban J connectivity index is 1.57. The van der Waals surface area contributed by atoms with E-state index >= 15 is 0 Å². The van der Waals surface area contributed by atoms with Gasteiger partial charge in [0, 0.05) is 35.9 Å². The summed E-state index contributed by atoms with van der Waals surface area (Å²) >= 11 is 1.83. The van der Waals surface area contributed by atoms with Crippen molar-refractivity contribution in [3.05, 3.63) is 35.0 Å². The lowest BCUT2D eigenvalue weighted by Crippen LogP contribution is -2.47. The summed E-state index contributed by atoms with van der Waals surface area (Å²) in [6.45, 7) is 4.89. The molecule has 4 heterocycles. The largest absolute Gasteiger partial charge is 0.373 e. The molecule has 3 aromatic heterocycles. The number of ether oxygens (including phenoxy) is 1. The Bertz CT molecular complexity index is 1010. The van der Waals surface area contributed by atoms with E-state index in [-0.39, 0.29) is 12.1 Å². The van der Waals surface area contributed by atoms with Gasteiger partial charge in [-0.15, -0.1) is 11.3 Å². The molecule has 0 radical (unpaired) electrons. The molecule has 5 rings (SSSR count). The number of rotatable bonds is 4. The maximum absolute atomic E-state index is 6.05. The zero-order valence-electron chi connectivity index (χ0n) is 17.0. The molecule has 2 aliphatic rings. The van der Waals surface area contributed by atoms with E-state index in [1.54, 1.807) is 6.20 Å². The van der Waals surface area contributed by atoms with Crippen molar-refractivity contribution in [2.45, 2.75) is 44.8 Å². The second-order valence-corrected chi connectivity index (χ2v) is 9.22. The molecule has 2 unspecified atom stereocenters. The van der Waals surface area contributed by atoms with Crippen LogP contribution in [0.2, 0.25) is 0 Å². The average Bonchev–Trinajstić information content (AvgIpc) is 3.13. The summed E-state index contributed by atoms with van der Waals surface area (Å²) < 4.78 is 6.05. The second kappa shape index (κ2) is 7.97. The minimum Gasteiger partial charge on any atom is -0.373 e. The molecule has 0 aromatic carbocycles. The van der Waals surface area contributed by atoms with Crippen LogP contribution in [0.4, 0.5) is 5.82 Å². The van der Waals surface area contributed by atoms with E-state index in [1.165, 1.54) is 28.7 Å². The molecule has 1 aliphatic carbocycles. The van der Waals surface area contributed by atoms with Gasteiger partial charge in [0.25, 0.3) is 0 Å². The number of likely N-dealkylation sites (N-methyl/N-ethyl adjacent to an activating group) is 1. The van der Waals surface area contributed by atoms with Crippen molar-refractivity contribution < 1.29 is 4.74 Å². The van der Waals surface area contributed by atoms with Gasteiger partial charge in [-0.1, -0.05) is 0 Å². The smallest absolute Gasteiger partial charge is 0.164 e. The van der Waals surface area contributed by atoms with E-state index in [0.717, 1.165) is 54.6 Å². The SMILES string of the molecule is CC(Nc1nc(-c2cccnc2)nc2sc3c(c12)CCCC3)C1CN(C)CCO1. The number of pyridine rings is 1. The van der Waals surface area contributed by atoms with E-state index in [0.29, 0.717) is 0 Å². The van der Waals surface area contributed by atoms with Crippen molar-refractivity contribution in [1.29, 1.82) is 0 Å². The minimum atomic E-state index is 0.148. The zero-order valence-corrected chi connectivity index (χ0v) is 17.8. The molecule has 1 saturated heterocycles. The van der Waals surface area contributed by atoms with Crippen LogP contribution in [-0.2, 0) is 17.6 Å². The van der Waals surface area contributed by atoms with Crippen LogP contribution in [-0.4, -0.2) is 58.7 Å². The van der Waals surface area contributed by atoms with Gasteiger partial charge >= 0.3 is 0 Å². The Hall–Kier alpha value is -2.09. The highest BCUT2D eigenvalue weighted by Gasteiger charge is 2.27. The van der Waals surface area contributed by atoms with Crippen molar-refractivity contribution in [2.24, 2.45) is 0 Å². The molecule has 0 saturated carbocycles. The van der Waals surface area contributed by atoms with E-state index in [4.69, 9.17) is 14.7 Å². The fourth-order valence-corrected chi connectivity index (χ4v) is 5.57. The summed E-state index contributed by atoms with van der Waals surface area (Å²) in [7, 11) is 2.15. The molecule has 1 N–H and O–H groups in total. The first kappa shape index (κ1) is 18.9. The summed E-state index contributed by atoms with van der Waals surface area (Å²) in [6.07, 6.45) is 8.56. The van der Waals surface area contributed by atoms with Crippen molar-refractivity contribution in [3.8, 4) is 11.4 Å². The van der Waals surface area contributed by atoms with E-state index in [2.05, 4.69) is 29.2 Å². The van der Waals surface area contributed by atoms with Gasteiger partial charge in [0.05, 0.1) is 24.1 Å². The number of hydrogen-bond acceptors (Lipinski definition) is 7. The Morgan fingerprint density at radius 1 is 1.28 bits per heavy atom. The number of hydrogen-bond donors (Lipinski definition) is 1. The molecule has 2 atom stereocenters. The van der Waals surface area contributed by atoms with Crippen LogP contribution in [0.15, 0.2) is 24.5 Å². The van der Waals surface area contributed by atoms with E-state index in [9.17, 15) is 0 Å². The van der Waals surface area contributed by atoms with Crippen LogP contribution >= 0.6 is 11.3 Å². The van der Waals surface area contributed by atoms with Crippen LogP contribution in [0, 0.1) is 0 Å². The summed E-state index contributed by atoms with van der Waals surface area (Å²) in [5, 5.41) is 4.92. The molecule has 29 heavy (non-hydrogen) atoms. The number of aromatic nitrogens is 3. The quantitative estimate of drug-likeness (QED) is 0.708. The van der Waals surface area contributed by atoms with E-state index in [1.807, 2.05) is 29.7 Å². The predicted octanol–water partition coefficient (Wildman–Crippen LogP) is 3.76. The molecule has 0 spiro atoms. The third-order valence-electron chi connectivity index (χ3n) is 5.95. The van der Waals surface area contributed by atoms with Gasteiger partial charge in [0.2, 0.25) is 0 Å². The minimum absolute atomic E-state index is 0.148. The first-order chi connectivity index (χ1) is 14.2. The molecular weight excluding hydrogens is 382 g/mol. The van der Waals surface area contributed by atoms with Crippen LogP contribution in [0.1, 0.15) is 30.2 Å².